The lowest BCUT2D eigenvalue weighted by molar-refractivity contribution is -0.985. The van der Waals surface area contributed by atoms with Crippen molar-refractivity contribution >= 4 is 5.97 Å². The molecule has 1 aromatic carbocycles. The summed E-state index contributed by atoms with van der Waals surface area (Å²) in [5, 5.41) is 9.69. The molecule has 0 aliphatic carbocycles. The van der Waals surface area contributed by atoms with E-state index in [1.54, 1.807) is 0 Å². The van der Waals surface area contributed by atoms with Crippen LogP contribution in [0.5, 0.6) is 0 Å². The van der Waals surface area contributed by atoms with E-state index < -0.39 is 5.92 Å². The maximum Gasteiger partial charge on any atom is 0.316 e. The van der Waals surface area contributed by atoms with Gasteiger partial charge in [-0.05, 0) is 38.7 Å². The average Bonchev–Trinajstić information content (AvgIpc) is 2.57. The van der Waals surface area contributed by atoms with E-state index in [1.165, 1.54) is 19.3 Å². The highest BCUT2D eigenvalue weighted by atomic mass is 16.5. The van der Waals surface area contributed by atoms with Gasteiger partial charge < -0.3 is 14.3 Å². The zero-order valence-electron chi connectivity index (χ0n) is 15.7. The van der Waals surface area contributed by atoms with Crippen molar-refractivity contribution in [1.82, 2.24) is 0 Å². The van der Waals surface area contributed by atoms with Crippen LogP contribution >= 0.6 is 0 Å². The molecule has 0 amide bonds. The third-order valence-electron chi connectivity index (χ3n) is 6.78. The van der Waals surface area contributed by atoms with Gasteiger partial charge in [0.1, 0.15) is 12.0 Å². The summed E-state index contributed by atoms with van der Waals surface area (Å²) in [5.41, 5.74) is 0.828. The standard InChI is InChI=1S/C21H32NO3/c1-15(2)22(3)17-10-7-11-18(22)13-19(12-17)25-21(24)20(14-23)16-8-5-4-6-9-16/h4-6,8-9,15,17-20,23H,7,10-14H2,1-3H3/q+1/t17-,18?,19?,20?,22?/m1/s1. The highest BCUT2D eigenvalue weighted by molar-refractivity contribution is 5.78. The van der Waals surface area contributed by atoms with Gasteiger partial charge in [0.05, 0.1) is 31.8 Å². The SMILES string of the molecule is CC(C)[N+]1(C)C2CCC[C@@H]1CC(OC(=O)C(CO)c1ccccc1)C2. The van der Waals surface area contributed by atoms with E-state index in [4.69, 9.17) is 4.74 Å². The molecule has 2 saturated heterocycles. The molecular weight excluding hydrogens is 314 g/mol. The fourth-order valence-electron chi connectivity index (χ4n) is 5.02. The average molecular weight is 346 g/mol. The van der Waals surface area contributed by atoms with Crippen LogP contribution in [0.4, 0.5) is 0 Å². The minimum atomic E-state index is -0.575. The van der Waals surface area contributed by atoms with E-state index >= 15 is 0 Å². The number of aliphatic hydroxyl groups is 1. The molecule has 2 fully saturated rings. The highest BCUT2D eigenvalue weighted by Gasteiger charge is 2.51. The zero-order chi connectivity index (χ0) is 18.0. The number of benzene rings is 1. The minimum Gasteiger partial charge on any atom is -0.461 e. The van der Waals surface area contributed by atoms with Crippen LogP contribution in [0.3, 0.4) is 0 Å². The second-order valence-electron chi connectivity index (χ2n) is 8.23. The number of nitrogens with zero attached hydrogens (tertiary/aromatic N) is 1. The number of carbonyl (C=O) groups is 1. The van der Waals surface area contributed by atoms with E-state index in [0.717, 1.165) is 22.9 Å². The molecule has 1 N–H and O–H groups in total. The Kier molecular flexibility index (Phi) is 5.49. The molecule has 4 nitrogen and oxygen atoms in total. The maximum absolute atomic E-state index is 12.7. The van der Waals surface area contributed by atoms with E-state index in [2.05, 4.69) is 20.9 Å². The van der Waals surface area contributed by atoms with Crippen molar-refractivity contribution in [2.75, 3.05) is 13.7 Å². The fraction of sp³-hybridized carbons (Fsp3) is 0.667. The smallest absolute Gasteiger partial charge is 0.316 e. The number of carbonyl (C=O) groups excluding carboxylic acids is 1. The fourth-order valence-corrected chi connectivity index (χ4v) is 5.02. The number of hydrogen-bond donors (Lipinski definition) is 1. The predicted molar refractivity (Wildman–Crippen MR) is 98.1 cm³/mol. The molecule has 2 aliphatic heterocycles. The summed E-state index contributed by atoms with van der Waals surface area (Å²) < 4.78 is 7.02. The van der Waals surface area contributed by atoms with E-state index in [1.807, 2.05) is 30.3 Å². The Hall–Kier alpha value is -1.39. The van der Waals surface area contributed by atoms with Gasteiger partial charge in [-0.3, -0.25) is 4.79 Å². The summed E-state index contributed by atoms with van der Waals surface area (Å²) in [4.78, 5) is 12.7. The first-order chi connectivity index (χ1) is 12.0. The summed E-state index contributed by atoms with van der Waals surface area (Å²) >= 11 is 0. The minimum absolute atomic E-state index is 0.00878. The van der Waals surface area contributed by atoms with Crippen molar-refractivity contribution in [3.8, 4) is 0 Å². The lowest BCUT2D eigenvalue weighted by Crippen LogP contribution is -2.68. The van der Waals surface area contributed by atoms with Gasteiger partial charge in [0.2, 0.25) is 0 Å². The van der Waals surface area contributed by atoms with E-state index in [9.17, 15) is 9.90 Å². The molecule has 4 unspecified atom stereocenters. The Balaban J connectivity index is 1.69. The number of rotatable bonds is 5. The van der Waals surface area contributed by atoms with Gasteiger partial charge in [0.25, 0.3) is 0 Å². The van der Waals surface area contributed by atoms with Gasteiger partial charge in [0.15, 0.2) is 0 Å². The van der Waals surface area contributed by atoms with Crippen molar-refractivity contribution in [3.05, 3.63) is 35.9 Å². The van der Waals surface area contributed by atoms with E-state index in [-0.39, 0.29) is 18.7 Å². The van der Waals surface area contributed by atoms with Crippen LogP contribution in [-0.4, -0.2) is 53.4 Å². The molecule has 2 bridgehead atoms. The summed E-state index contributed by atoms with van der Waals surface area (Å²) in [7, 11) is 2.39. The first kappa shape index (κ1) is 18.4. The third-order valence-corrected chi connectivity index (χ3v) is 6.78. The summed E-state index contributed by atoms with van der Waals surface area (Å²) in [6.07, 6.45) is 5.63. The van der Waals surface area contributed by atoms with Crippen molar-refractivity contribution in [3.63, 3.8) is 0 Å². The predicted octanol–water partition coefficient (Wildman–Crippen LogP) is 3.24. The van der Waals surface area contributed by atoms with Crippen LogP contribution < -0.4 is 0 Å². The molecule has 0 spiro atoms. The molecule has 5 atom stereocenters. The third kappa shape index (κ3) is 3.47. The molecule has 4 heteroatoms. The Bertz CT molecular complexity index is 572. The number of fused-ring (bicyclic) bond motifs is 2. The lowest BCUT2D eigenvalue weighted by atomic mass is 9.79. The molecule has 3 rings (SSSR count). The summed E-state index contributed by atoms with van der Waals surface area (Å²) in [6.45, 7) is 4.42. The van der Waals surface area contributed by atoms with Crippen molar-refractivity contribution in [1.29, 1.82) is 0 Å². The largest absolute Gasteiger partial charge is 0.461 e. The molecule has 0 radical (unpaired) electrons. The molecule has 2 aliphatic rings. The Morgan fingerprint density at radius 1 is 1.20 bits per heavy atom. The van der Waals surface area contributed by atoms with Crippen LogP contribution in [0, 0.1) is 0 Å². The van der Waals surface area contributed by atoms with Gasteiger partial charge in [-0.2, -0.15) is 0 Å². The number of hydrogen-bond acceptors (Lipinski definition) is 3. The Morgan fingerprint density at radius 2 is 1.80 bits per heavy atom. The van der Waals surface area contributed by atoms with Crippen molar-refractivity contribution < 1.29 is 19.1 Å². The van der Waals surface area contributed by atoms with Crippen LogP contribution in [0.15, 0.2) is 30.3 Å². The van der Waals surface area contributed by atoms with Crippen molar-refractivity contribution in [2.45, 2.75) is 76.1 Å². The van der Waals surface area contributed by atoms with Gasteiger partial charge in [0, 0.05) is 12.8 Å². The van der Waals surface area contributed by atoms with Crippen LogP contribution in [0.1, 0.15) is 57.4 Å². The number of ether oxygens (including phenoxy) is 1. The van der Waals surface area contributed by atoms with E-state index in [0.29, 0.717) is 18.1 Å². The molecule has 25 heavy (non-hydrogen) atoms. The number of aliphatic hydroxyl groups excluding tert-OH is 1. The topological polar surface area (TPSA) is 46.5 Å². The van der Waals surface area contributed by atoms with Gasteiger partial charge in [-0.25, -0.2) is 0 Å². The molecule has 138 valence electrons. The quantitative estimate of drug-likeness (QED) is 0.658. The highest BCUT2D eigenvalue weighted by Crippen LogP contribution is 2.42. The second kappa shape index (κ2) is 7.46. The number of piperidine rings is 2. The molecule has 0 saturated carbocycles. The normalized spacial score (nSPS) is 33.1. The monoisotopic (exact) mass is 346 g/mol. The van der Waals surface area contributed by atoms with Crippen LogP contribution in [0.2, 0.25) is 0 Å². The summed E-state index contributed by atoms with van der Waals surface area (Å²) in [6, 6.07) is 11.2. The molecule has 2 heterocycles. The molecule has 0 aromatic heterocycles. The van der Waals surface area contributed by atoms with Gasteiger partial charge >= 0.3 is 5.97 Å². The molecule has 1 aromatic rings. The first-order valence-electron chi connectivity index (χ1n) is 9.68. The van der Waals surface area contributed by atoms with Gasteiger partial charge in [-0.15, -0.1) is 0 Å². The van der Waals surface area contributed by atoms with Gasteiger partial charge in [-0.1, -0.05) is 30.3 Å². The Labute approximate surface area is 151 Å². The number of esters is 1. The first-order valence-corrected chi connectivity index (χ1v) is 9.68. The summed E-state index contributed by atoms with van der Waals surface area (Å²) in [5.74, 6) is -0.855. The molecular formula is C21H32NO3+. The number of quaternary nitrogens is 1. The lowest BCUT2D eigenvalue weighted by Gasteiger charge is -2.57. The van der Waals surface area contributed by atoms with Crippen molar-refractivity contribution in [2.24, 2.45) is 0 Å². The second-order valence-corrected chi connectivity index (χ2v) is 8.23. The van der Waals surface area contributed by atoms with Crippen LogP contribution in [-0.2, 0) is 9.53 Å². The maximum atomic E-state index is 12.7. The zero-order valence-corrected chi connectivity index (χ0v) is 15.7. The Morgan fingerprint density at radius 3 is 2.32 bits per heavy atom. The van der Waals surface area contributed by atoms with Crippen LogP contribution in [0.25, 0.3) is 0 Å².